The third kappa shape index (κ3) is 3.15. The molecule has 1 fully saturated rings. The monoisotopic (exact) mass is 250 g/mol. The Labute approximate surface area is 109 Å². The van der Waals surface area contributed by atoms with Gasteiger partial charge in [0, 0.05) is 18.2 Å². The third-order valence-corrected chi connectivity index (χ3v) is 3.60. The Balaban J connectivity index is 1.90. The SMILES string of the molecule is COc1cccc(CNC2CCN(C)CC2)c1O. The Morgan fingerprint density at radius 1 is 1.39 bits per heavy atom. The standard InChI is InChI=1S/C14H22N2O2/c1-16-8-6-12(7-9-16)15-10-11-4-3-5-13(18-2)14(11)17/h3-5,12,15,17H,6-10H2,1-2H3. The number of aromatic hydroxyl groups is 1. The van der Waals surface area contributed by atoms with Gasteiger partial charge in [-0.1, -0.05) is 12.1 Å². The third-order valence-electron chi connectivity index (χ3n) is 3.60. The molecule has 1 saturated heterocycles. The number of phenols is 1. The molecule has 0 aromatic heterocycles. The van der Waals surface area contributed by atoms with Crippen molar-refractivity contribution in [3.8, 4) is 11.5 Å². The summed E-state index contributed by atoms with van der Waals surface area (Å²) in [5, 5.41) is 13.5. The molecule has 18 heavy (non-hydrogen) atoms. The molecule has 0 unspecified atom stereocenters. The first-order valence-corrected chi connectivity index (χ1v) is 6.47. The highest BCUT2D eigenvalue weighted by molar-refractivity contribution is 5.45. The van der Waals surface area contributed by atoms with Crippen LogP contribution in [0, 0.1) is 0 Å². The molecule has 1 aromatic rings. The minimum Gasteiger partial charge on any atom is -0.504 e. The highest BCUT2D eigenvalue weighted by atomic mass is 16.5. The van der Waals surface area contributed by atoms with Crippen molar-refractivity contribution in [3.63, 3.8) is 0 Å². The molecule has 1 aromatic carbocycles. The van der Waals surface area contributed by atoms with E-state index in [0.717, 1.165) is 18.7 Å². The lowest BCUT2D eigenvalue weighted by Crippen LogP contribution is -2.40. The normalized spacial score (nSPS) is 17.9. The van der Waals surface area contributed by atoms with Crippen molar-refractivity contribution in [2.45, 2.75) is 25.4 Å². The second kappa shape index (κ2) is 6.07. The van der Waals surface area contributed by atoms with E-state index in [2.05, 4.69) is 17.3 Å². The summed E-state index contributed by atoms with van der Waals surface area (Å²) in [6, 6.07) is 6.16. The molecular formula is C14H22N2O2. The molecule has 4 nitrogen and oxygen atoms in total. The smallest absolute Gasteiger partial charge is 0.162 e. The van der Waals surface area contributed by atoms with Gasteiger partial charge in [-0.2, -0.15) is 0 Å². The number of nitrogens with zero attached hydrogens (tertiary/aromatic N) is 1. The molecular weight excluding hydrogens is 228 g/mol. The predicted molar refractivity (Wildman–Crippen MR) is 72.0 cm³/mol. The fourth-order valence-electron chi connectivity index (χ4n) is 2.34. The lowest BCUT2D eigenvalue weighted by Gasteiger charge is -2.29. The molecule has 0 bridgehead atoms. The van der Waals surface area contributed by atoms with Gasteiger partial charge in [-0.15, -0.1) is 0 Å². The van der Waals surface area contributed by atoms with Crippen LogP contribution in [0.2, 0.25) is 0 Å². The number of piperidine rings is 1. The van der Waals surface area contributed by atoms with Crippen molar-refractivity contribution in [2.75, 3.05) is 27.2 Å². The number of likely N-dealkylation sites (tertiary alicyclic amines) is 1. The molecule has 0 radical (unpaired) electrons. The summed E-state index contributed by atoms with van der Waals surface area (Å²) >= 11 is 0. The lowest BCUT2D eigenvalue weighted by atomic mass is 10.0. The molecule has 1 heterocycles. The Morgan fingerprint density at radius 3 is 2.78 bits per heavy atom. The molecule has 2 N–H and O–H groups in total. The van der Waals surface area contributed by atoms with Gasteiger partial charge in [-0.25, -0.2) is 0 Å². The molecule has 1 aliphatic heterocycles. The van der Waals surface area contributed by atoms with Crippen LogP contribution in [-0.4, -0.2) is 43.3 Å². The van der Waals surface area contributed by atoms with Gasteiger partial charge in [-0.3, -0.25) is 0 Å². The number of methoxy groups -OCH3 is 1. The van der Waals surface area contributed by atoms with Crippen LogP contribution in [0.25, 0.3) is 0 Å². The van der Waals surface area contributed by atoms with Gasteiger partial charge in [0.15, 0.2) is 11.5 Å². The van der Waals surface area contributed by atoms with Gasteiger partial charge in [0.05, 0.1) is 7.11 Å². The van der Waals surface area contributed by atoms with Crippen molar-refractivity contribution in [1.82, 2.24) is 10.2 Å². The Morgan fingerprint density at radius 2 is 2.11 bits per heavy atom. The van der Waals surface area contributed by atoms with Gasteiger partial charge in [0.1, 0.15) is 0 Å². The summed E-state index contributed by atoms with van der Waals surface area (Å²) in [7, 11) is 3.73. The molecule has 0 spiro atoms. The van der Waals surface area contributed by atoms with Crippen LogP contribution in [0.4, 0.5) is 0 Å². The molecule has 0 atom stereocenters. The van der Waals surface area contributed by atoms with E-state index >= 15 is 0 Å². The number of hydrogen-bond acceptors (Lipinski definition) is 4. The lowest BCUT2D eigenvalue weighted by molar-refractivity contribution is 0.233. The zero-order chi connectivity index (χ0) is 13.0. The number of para-hydroxylation sites is 1. The summed E-state index contributed by atoms with van der Waals surface area (Å²) in [6.07, 6.45) is 2.34. The average molecular weight is 250 g/mol. The molecule has 100 valence electrons. The Kier molecular flexibility index (Phi) is 4.44. The van der Waals surface area contributed by atoms with Crippen LogP contribution in [0.15, 0.2) is 18.2 Å². The van der Waals surface area contributed by atoms with E-state index in [4.69, 9.17) is 4.74 Å². The Hall–Kier alpha value is -1.26. The first kappa shape index (κ1) is 13.2. The van der Waals surface area contributed by atoms with Gasteiger partial charge >= 0.3 is 0 Å². The summed E-state index contributed by atoms with van der Waals surface area (Å²) in [5.41, 5.74) is 0.897. The minimum atomic E-state index is 0.250. The van der Waals surface area contributed by atoms with Crippen molar-refractivity contribution in [2.24, 2.45) is 0 Å². The summed E-state index contributed by atoms with van der Waals surface area (Å²) in [5.74, 6) is 0.790. The molecule has 1 aliphatic rings. The number of benzene rings is 1. The molecule has 0 aliphatic carbocycles. The first-order chi connectivity index (χ1) is 8.70. The number of rotatable bonds is 4. The predicted octanol–water partition coefficient (Wildman–Crippen LogP) is 1.58. The fourth-order valence-corrected chi connectivity index (χ4v) is 2.34. The zero-order valence-electron chi connectivity index (χ0n) is 11.1. The average Bonchev–Trinajstić information content (AvgIpc) is 2.39. The van der Waals surface area contributed by atoms with Crippen LogP contribution in [-0.2, 0) is 6.54 Å². The summed E-state index contributed by atoms with van der Waals surface area (Å²) in [4.78, 5) is 2.35. The van der Waals surface area contributed by atoms with Crippen LogP contribution in [0.5, 0.6) is 11.5 Å². The highest BCUT2D eigenvalue weighted by Gasteiger charge is 2.16. The van der Waals surface area contributed by atoms with E-state index in [0.29, 0.717) is 18.3 Å². The largest absolute Gasteiger partial charge is 0.504 e. The number of nitrogens with one attached hydrogen (secondary N) is 1. The van der Waals surface area contributed by atoms with E-state index in [1.54, 1.807) is 13.2 Å². The number of ether oxygens (including phenoxy) is 1. The minimum absolute atomic E-state index is 0.250. The highest BCUT2D eigenvalue weighted by Crippen LogP contribution is 2.29. The number of phenolic OH excluding ortho intramolecular Hbond substituents is 1. The van der Waals surface area contributed by atoms with Crippen molar-refractivity contribution < 1.29 is 9.84 Å². The van der Waals surface area contributed by atoms with E-state index < -0.39 is 0 Å². The van der Waals surface area contributed by atoms with E-state index in [1.807, 2.05) is 12.1 Å². The van der Waals surface area contributed by atoms with Crippen molar-refractivity contribution >= 4 is 0 Å². The van der Waals surface area contributed by atoms with Crippen molar-refractivity contribution in [1.29, 1.82) is 0 Å². The van der Waals surface area contributed by atoms with E-state index in [-0.39, 0.29) is 5.75 Å². The maximum atomic E-state index is 9.99. The van der Waals surface area contributed by atoms with E-state index in [9.17, 15) is 5.11 Å². The van der Waals surface area contributed by atoms with Crippen molar-refractivity contribution in [3.05, 3.63) is 23.8 Å². The quantitative estimate of drug-likeness (QED) is 0.851. The molecule has 0 amide bonds. The molecule has 2 rings (SSSR count). The first-order valence-electron chi connectivity index (χ1n) is 6.47. The van der Waals surface area contributed by atoms with Crippen LogP contribution >= 0.6 is 0 Å². The Bertz CT molecular complexity index is 387. The van der Waals surface area contributed by atoms with Gasteiger partial charge in [-0.05, 0) is 39.0 Å². The topological polar surface area (TPSA) is 44.7 Å². The molecule has 0 saturated carbocycles. The zero-order valence-corrected chi connectivity index (χ0v) is 11.1. The van der Waals surface area contributed by atoms with Crippen LogP contribution in [0.3, 0.4) is 0 Å². The summed E-state index contributed by atoms with van der Waals surface area (Å²) < 4.78 is 5.11. The maximum absolute atomic E-state index is 9.99. The second-order valence-corrected chi connectivity index (χ2v) is 4.93. The number of hydrogen-bond donors (Lipinski definition) is 2. The summed E-state index contributed by atoms with van der Waals surface area (Å²) in [6.45, 7) is 2.97. The maximum Gasteiger partial charge on any atom is 0.162 e. The van der Waals surface area contributed by atoms with Gasteiger partial charge in [0.25, 0.3) is 0 Å². The van der Waals surface area contributed by atoms with E-state index in [1.165, 1.54) is 12.8 Å². The fraction of sp³-hybridized carbons (Fsp3) is 0.571. The molecule has 4 heteroatoms. The van der Waals surface area contributed by atoms with Gasteiger partial charge in [0.2, 0.25) is 0 Å². The van der Waals surface area contributed by atoms with Crippen LogP contribution in [0.1, 0.15) is 18.4 Å². The van der Waals surface area contributed by atoms with Crippen LogP contribution < -0.4 is 10.1 Å². The van der Waals surface area contributed by atoms with Gasteiger partial charge < -0.3 is 20.1 Å². The second-order valence-electron chi connectivity index (χ2n) is 4.93.